The molecule has 2 aromatic rings. The summed E-state index contributed by atoms with van der Waals surface area (Å²) in [4.78, 5) is 5.13. The van der Waals surface area contributed by atoms with E-state index in [1.165, 1.54) is 29.7 Å². The molecule has 0 radical (unpaired) electrons. The van der Waals surface area contributed by atoms with Gasteiger partial charge in [0.25, 0.3) is 0 Å². The summed E-state index contributed by atoms with van der Waals surface area (Å²) in [5, 5.41) is 4.72. The number of nitrogens with zero attached hydrogens (tertiary/aromatic N) is 1. The van der Waals surface area contributed by atoms with Crippen molar-refractivity contribution in [2.45, 2.75) is 11.4 Å². The Morgan fingerprint density at radius 2 is 2.21 bits per heavy atom. The smallest absolute Gasteiger partial charge is 0.241 e. The first kappa shape index (κ1) is 14.4. The van der Waals surface area contributed by atoms with Gasteiger partial charge in [0.1, 0.15) is 5.82 Å². The molecular formula is C11H12BrN3O2S2. The predicted molar refractivity (Wildman–Crippen MR) is 79.8 cm³/mol. The molecule has 8 heteroatoms. The lowest BCUT2D eigenvalue weighted by atomic mass is 10.5. The summed E-state index contributed by atoms with van der Waals surface area (Å²) >= 11 is 4.83. The second-order valence-electron chi connectivity index (χ2n) is 3.68. The Morgan fingerprint density at radius 1 is 1.42 bits per heavy atom. The van der Waals surface area contributed by atoms with Crippen LogP contribution in [0, 0.1) is 0 Å². The molecule has 0 bridgehead atoms. The van der Waals surface area contributed by atoms with E-state index in [1.54, 1.807) is 7.05 Å². The third kappa shape index (κ3) is 3.75. The largest absolute Gasteiger partial charge is 0.373 e. The van der Waals surface area contributed by atoms with Crippen molar-refractivity contribution in [1.29, 1.82) is 0 Å². The molecule has 0 aliphatic carbocycles. The van der Waals surface area contributed by atoms with Gasteiger partial charge < -0.3 is 5.32 Å². The second kappa shape index (κ2) is 6.00. The lowest BCUT2D eigenvalue weighted by molar-refractivity contribution is 0.581. The number of hydrogen-bond acceptors (Lipinski definition) is 5. The van der Waals surface area contributed by atoms with E-state index in [2.05, 4.69) is 31.0 Å². The maximum Gasteiger partial charge on any atom is 0.241 e. The molecule has 0 amide bonds. The minimum Gasteiger partial charge on any atom is -0.373 e. The molecule has 0 aliphatic rings. The summed E-state index contributed by atoms with van der Waals surface area (Å²) in [5.74, 6) is 0.516. The first-order chi connectivity index (χ1) is 9.01. The highest BCUT2D eigenvalue weighted by Crippen LogP contribution is 2.20. The Bertz CT molecular complexity index is 670. The number of rotatable bonds is 5. The molecule has 0 spiro atoms. The molecule has 5 nitrogen and oxygen atoms in total. The van der Waals surface area contributed by atoms with Crippen molar-refractivity contribution in [2.75, 3.05) is 12.4 Å². The van der Waals surface area contributed by atoms with Crippen LogP contribution >= 0.6 is 27.3 Å². The van der Waals surface area contributed by atoms with E-state index in [1.807, 2.05) is 11.4 Å². The van der Waals surface area contributed by atoms with Crippen molar-refractivity contribution in [1.82, 2.24) is 9.71 Å². The SMILES string of the molecule is CNc1cc(S(=O)(=O)NCc2cc(Br)cs2)ccn1. The van der Waals surface area contributed by atoms with Crippen LogP contribution in [0.5, 0.6) is 0 Å². The van der Waals surface area contributed by atoms with Gasteiger partial charge in [0.2, 0.25) is 10.0 Å². The molecule has 2 N–H and O–H groups in total. The van der Waals surface area contributed by atoms with Gasteiger partial charge in [-0.25, -0.2) is 18.1 Å². The number of aromatic nitrogens is 1. The third-order valence-electron chi connectivity index (χ3n) is 2.36. The molecule has 0 aromatic carbocycles. The number of hydrogen-bond donors (Lipinski definition) is 2. The van der Waals surface area contributed by atoms with Crippen LogP contribution in [0.1, 0.15) is 4.88 Å². The monoisotopic (exact) mass is 361 g/mol. The maximum atomic E-state index is 12.1. The number of pyridine rings is 1. The van der Waals surface area contributed by atoms with Crippen LogP contribution in [-0.4, -0.2) is 20.4 Å². The minimum absolute atomic E-state index is 0.197. The predicted octanol–water partition coefficient (Wildman–Crippen LogP) is 2.43. The fraction of sp³-hybridized carbons (Fsp3) is 0.182. The molecule has 0 saturated carbocycles. The topological polar surface area (TPSA) is 71.1 Å². The number of anilines is 1. The minimum atomic E-state index is -3.52. The molecule has 0 fully saturated rings. The Morgan fingerprint density at radius 3 is 2.84 bits per heavy atom. The number of nitrogens with one attached hydrogen (secondary N) is 2. The van der Waals surface area contributed by atoms with E-state index in [0.29, 0.717) is 5.82 Å². The van der Waals surface area contributed by atoms with Crippen LogP contribution in [0.3, 0.4) is 0 Å². The molecule has 0 atom stereocenters. The zero-order chi connectivity index (χ0) is 13.9. The molecular weight excluding hydrogens is 350 g/mol. The summed E-state index contributed by atoms with van der Waals surface area (Å²) in [5.41, 5.74) is 0. The lowest BCUT2D eigenvalue weighted by Crippen LogP contribution is -2.23. The molecule has 19 heavy (non-hydrogen) atoms. The second-order valence-corrected chi connectivity index (χ2v) is 7.36. The summed E-state index contributed by atoms with van der Waals surface area (Å²) in [7, 11) is -1.83. The third-order valence-corrected chi connectivity index (χ3v) is 5.45. The van der Waals surface area contributed by atoms with E-state index in [-0.39, 0.29) is 11.4 Å². The maximum absolute atomic E-state index is 12.1. The Hall–Kier alpha value is -0.960. The number of sulfonamides is 1. The van der Waals surface area contributed by atoms with Crippen LogP contribution in [0.15, 0.2) is 39.1 Å². The Kier molecular flexibility index (Phi) is 4.56. The van der Waals surface area contributed by atoms with Crippen molar-refractivity contribution >= 4 is 43.1 Å². The van der Waals surface area contributed by atoms with Crippen molar-refractivity contribution in [3.05, 3.63) is 39.1 Å². The number of thiophene rings is 1. The van der Waals surface area contributed by atoms with Gasteiger partial charge >= 0.3 is 0 Å². The van der Waals surface area contributed by atoms with Gasteiger partial charge in [-0.15, -0.1) is 11.3 Å². The van der Waals surface area contributed by atoms with Crippen LogP contribution in [0.25, 0.3) is 0 Å². The normalized spacial score (nSPS) is 11.5. The average Bonchev–Trinajstić information content (AvgIpc) is 2.82. The van der Waals surface area contributed by atoms with Crippen molar-refractivity contribution in [3.8, 4) is 0 Å². The van der Waals surface area contributed by atoms with Crippen LogP contribution < -0.4 is 10.0 Å². The van der Waals surface area contributed by atoms with Crippen LogP contribution in [-0.2, 0) is 16.6 Å². The quantitative estimate of drug-likeness (QED) is 0.857. The molecule has 2 rings (SSSR count). The van der Waals surface area contributed by atoms with Gasteiger partial charge in [0.05, 0.1) is 4.90 Å². The fourth-order valence-corrected chi connectivity index (χ4v) is 3.91. The zero-order valence-electron chi connectivity index (χ0n) is 10.1. The molecule has 0 saturated heterocycles. The molecule has 2 heterocycles. The summed E-state index contributed by atoms with van der Waals surface area (Å²) in [6.07, 6.45) is 1.46. The highest BCUT2D eigenvalue weighted by Gasteiger charge is 2.14. The van der Waals surface area contributed by atoms with Crippen LogP contribution in [0.4, 0.5) is 5.82 Å². The van der Waals surface area contributed by atoms with E-state index in [0.717, 1.165) is 9.35 Å². The van der Waals surface area contributed by atoms with E-state index < -0.39 is 10.0 Å². The molecule has 0 unspecified atom stereocenters. The zero-order valence-corrected chi connectivity index (χ0v) is 13.3. The van der Waals surface area contributed by atoms with Gasteiger partial charge in [0.15, 0.2) is 0 Å². The van der Waals surface area contributed by atoms with Crippen LogP contribution in [0.2, 0.25) is 0 Å². The van der Waals surface area contributed by atoms with Gasteiger partial charge in [0, 0.05) is 40.6 Å². The van der Waals surface area contributed by atoms with Crippen molar-refractivity contribution in [3.63, 3.8) is 0 Å². The average molecular weight is 362 g/mol. The van der Waals surface area contributed by atoms with Crippen molar-refractivity contribution in [2.24, 2.45) is 0 Å². The molecule has 102 valence electrons. The molecule has 0 aliphatic heterocycles. The van der Waals surface area contributed by atoms with E-state index in [4.69, 9.17) is 0 Å². The van der Waals surface area contributed by atoms with Crippen molar-refractivity contribution < 1.29 is 8.42 Å². The molecule has 2 aromatic heterocycles. The Labute approximate surface area is 124 Å². The first-order valence-corrected chi connectivity index (χ1v) is 8.53. The highest BCUT2D eigenvalue weighted by molar-refractivity contribution is 9.10. The standard InChI is InChI=1S/C11H12BrN3O2S2/c1-13-11-5-10(2-3-14-11)19(16,17)15-6-9-4-8(12)7-18-9/h2-5,7,15H,6H2,1H3,(H,13,14). The van der Waals surface area contributed by atoms with E-state index >= 15 is 0 Å². The first-order valence-electron chi connectivity index (χ1n) is 5.37. The summed E-state index contributed by atoms with van der Waals surface area (Å²) < 4.78 is 27.7. The summed E-state index contributed by atoms with van der Waals surface area (Å²) in [6, 6.07) is 4.85. The fourth-order valence-electron chi connectivity index (χ4n) is 1.41. The van der Waals surface area contributed by atoms with Gasteiger partial charge in [-0.3, -0.25) is 0 Å². The van der Waals surface area contributed by atoms with Gasteiger partial charge in [-0.2, -0.15) is 0 Å². The van der Waals surface area contributed by atoms with E-state index in [9.17, 15) is 8.42 Å². The highest BCUT2D eigenvalue weighted by atomic mass is 79.9. The summed E-state index contributed by atoms with van der Waals surface area (Å²) in [6.45, 7) is 0.274. The lowest BCUT2D eigenvalue weighted by Gasteiger charge is -2.06. The van der Waals surface area contributed by atoms with Gasteiger partial charge in [-0.1, -0.05) is 0 Å². The Balaban J connectivity index is 2.13. The van der Waals surface area contributed by atoms with Gasteiger partial charge in [-0.05, 0) is 28.1 Å². The number of halogens is 1.